The molecular formula is C25H33NO. The largest absolute Gasteiger partial charge is 0.496 e. The molecule has 2 nitrogen and oxygen atoms in total. The first-order valence-corrected chi connectivity index (χ1v) is 10.6. The highest BCUT2D eigenvalue weighted by atomic mass is 16.5. The first kappa shape index (κ1) is 19.5. The number of hydrogen-bond acceptors (Lipinski definition) is 2. The van der Waals surface area contributed by atoms with Gasteiger partial charge in [0, 0.05) is 23.4 Å². The molecule has 0 N–H and O–H groups in total. The molecule has 0 saturated carbocycles. The quantitative estimate of drug-likeness (QED) is 0.407. The molecule has 1 aliphatic rings. The summed E-state index contributed by atoms with van der Waals surface area (Å²) >= 11 is 0. The van der Waals surface area contributed by atoms with Crippen molar-refractivity contribution in [1.29, 1.82) is 0 Å². The lowest BCUT2D eigenvalue weighted by Gasteiger charge is -2.27. The summed E-state index contributed by atoms with van der Waals surface area (Å²) < 4.78 is 5.73. The van der Waals surface area contributed by atoms with Crippen molar-refractivity contribution in [3.8, 4) is 0 Å². The van der Waals surface area contributed by atoms with Crippen LogP contribution in [0, 0.1) is 0 Å². The Balaban J connectivity index is 1.70. The van der Waals surface area contributed by atoms with E-state index in [4.69, 9.17) is 4.74 Å². The molecule has 0 unspecified atom stereocenters. The fourth-order valence-electron chi connectivity index (χ4n) is 3.94. The van der Waals surface area contributed by atoms with Gasteiger partial charge in [0.05, 0.1) is 12.8 Å². The van der Waals surface area contributed by atoms with Crippen LogP contribution in [-0.2, 0) is 4.74 Å². The van der Waals surface area contributed by atoms with Gasteiger partial charge in [-0.05, 0) is 30.7 Å². The van der Waals surface area contributed by atoms with Crippen molar-refractivity contribution in [3.63, 3.8) is 0 Å². The number of rotatable bonds is 10. The first-order chi connectivity index (χ1) is 13.3. The van der Waals surface area contributed by atoms with Crippen LogP contribution in [-0.4, -0.2) is 13.7 Å². The molecule has 0 fully saturated rings. The summed E-state index contributed by atoms with van der Waals surface area (Å²) in [5.41, 5.74) is 4.93. The second-order valence-electron chi connectivity index (χ2n) is 7.42. The normalized spacial score (nSPS) is 12.8. The molecular weight excluding hydrogens is 330 g/mol. The monoisotopic (exact) mass is 363 g/mol. The number of ether oxygens (including phenoxy) is 1. The summed E-state index contributed by atoms with van der Waals surface area (Å²) in [4.78, 5) is 2.48. The molecule has 0 radical (unpaired) electrons. The highest BCUT2D eigenvalue weighted by molar-refractivity contribution is 5.92. The Morgan fingerprint density at radius 1 is 0.741 bits per heavy atom. The molecule has 0 aromatic heterocycles. The lowest BCUT2D eigenvalue weighted by molar-refractivity contribution is 0.373. The summed E-state index contributed by atoms with van der Waals surface area (Å²) in [5, 5.41) is 0. The number of methoxy groups -OCH3 is 1. The molecule has 27 heavy (non-hydrogen) atoms. The number of benzene rings is 2. The maximum Gasteiger partial charge on any atom is 0.128 e. The van der Waals surface area contributed by atoms with Gasteiger partial charge in [-0.25, -0.2) is 0 Å². The van der Waals surface area contributed by atoms with Crippen LogP contribution in [0.1, 0.15) is 69.4 Å². The minimum Gasteiger partial charge on any atom is -0.496 e. The highest BCUT2D eigenvalue weighted by Gasteiger charge is 2.21. The molecule has 0 saturated heterocycles. The zero-order valence-corrected chi connectivity index (χ0v) is 16.9. The molecule has 0 aliphatic carbocycles. The minimum atomic E-state index is 0.941. The van der Waals surface area contributed by atoms with Crippen molar-refractivity contribution in [3.05, 3.63) is 59.7 Å². The van der Waals surface area contributed by atoms with Crippen molar-refractivity contribution in [1.82, 2.24) is 0 Å². The second-order valence-corrected chi connectivity index (χ2v) is 7.42. The average molecular weight is 364 g/mol. The summed E-state index contributed by atoms with van der Waals surface area (Å²) in [6.07, 6.45) is 12.9. The Morgan fingerprint density at radius 3 is 2.11 bits per heavy atom. The fraction of sp³-hybridized carbons (Fsp3) is 0.440. The van der Waals surface area contributed by atoms with E-state index >= 15 is 0 Å². The van der Waals surface area contributed by atoms with E-state index in [0.29, 0.717) is 0 Å². The van der Waals surface area contributed by atoms with Gasteiger partial charge in [0.2, 0.25) is 0 Å². The van der Waals surface area contributed by atoms with Crippen LogP contribution in [0.25, 0.3) is 11.8 Å². The molecule has 2 aromatic rings. The highest BCUT2D eigenvalue weighted by Crippen LogP contribution is 2.39. The maximum atomic E-state index is 5.73. The van der Waals surface area contributed by atoms with Crippen LogP contribution in [0.5, 0.6) is 0 Å². The predicted molar refractivity (Wildman–Crippen MR) is 117 cm³/mol. The first-order valence-electron chi connectivity index (χ1n) is 10.6. The Hall–Kier alpha value is -2.22. The molecule has 1 aliphatic heterocycles. The number of anilines is 2. The van der Waals surface area contributed by atoms with Crippen molar-refractivity contribution in [2.24, 2.45) is 0 Å². The zero-order chi connectivity index (χ0) is 18.9. The van der Waals surface area contributed by atoms with Gasteiger partial charge in [0.25, 0.3) is 0 Å². The third-order valence-electron chi connectivity index (χ3n) is 5.43. The summed E-state index contributed by atoms with van der Waals surface area (Å²) in [6.45, 7) is 3.33. The molecule has 2 aromatic carbocycles. The molecule has 1 heterocycles. The standard InChI is InChI=1S/C25H33NO/c1-3-4-5-6-7-8-9-14-19-26-23-17-12-10-15-21(23)20-25(27-2)22-16-11-13-18-24(22)26/h10-13,15-18,20H,3-9,14,19H2,1-2H3. The van der Waals surface area contributed by atoms with Gasteiger partial charge in [-0.15, -0.1) is 0 Å². The van der Waals surface area contributed by atoms with Crippen LogP contribution in [0.2, 0.25) is 0 Å². The van der Waals surface area contributed by atoms with E-state index in [1.807, 2.05) is 0 Å². The lowest BCUT2D eigenvalue weighted by Crippen LogP contribution is -2.19. The number of hydrogen-bond donors (Lipinski definition) is 0. The van der Waals surface area contributed by atoms with Gasteiger partial charge < -0.3 is 9.64 Å². The van der Waals surface area contributed by atoms with Gasteiger partial charge in [0.15, 0.2) is 0 Å². The molecule has 0 bridgehead atoms. The van der Waals surface area contributed by atoms with E-state index < -0.39 is 0 Å². The van der Waals surface area contributed by atoms with E-state index in [9.17, 15) is 0 Å². The van der Waals surface area contributed by atoms with E-state index in [0.717, 1.165) is 12.3 Å². The summed E-state index contributed by atoms with van der Waals surface area (Å²) in [5.74, 6) is 0.941. The van der Waals surface area contributed by atoms with Crippen LogP contribution in [0.4, 0.5) is 11.4 Å². The molecule has 2 heteroatoms. The van der Waals surface area contributed by atoms with Crippen molar-refractivity contribution in [2.75, 3.05) is 18.6 Å². The topological polar surface area (TPSA) is 12.5 Å². The molecule has 0 spiro atoms. The fourth-order valence-corrected chi connectivity index (χ4v) is 3.94. The van der Waals surface area contributed by atoms with Gasteiger partial charge in [-0.1, -0.05) is 82.2 Å². The lowest BCUT2D eigenvalue weighted by atomic mass is 10.1. The van der Waals surface area contributed by atoms with Gasteiger partial charge in [-0.2, -0.15) is 0 Å². The van der Waals surface area contributed by atoms with Crippen molar-refractivity contribution < 1.29 is 4.74 Å². The number of unbranched alkanes of at least 4 members (excludes halogenated alkanes) is 7. The average Bonchev–Trinajstić information content (AvgIpc) is 2.84. The number of nitrogens with zero attached hydrogens (tertiary/aromatic N) is 1. The predicted octanol–water partition coefficient (Wildman–Crippen LogP) is 7.42. The Bertz CT molecular complexity index is 749. The molecule has 144 valence electrons. The Labute approximate surface area is 164 Å². The summed E-state index contributed by atoms with van der Waals surface area (Å²) in [6, 6.07) is 17.2. The molecule has 0 atom stereocenters. The summed E-state index contributed by atoms with van der Waals surface area (Å²) in [7, 11) is 1.76. The van der Waals surface area contributed by atoms with Crippen LogP contribution in [0.3, 0.4) is 0 Å². The number of para-hydroxylation sites is 2. The van der Waals surface area contributed by atoms with E-state index in [1.54, 1.807) is 7.11 Å². The van der Waals surface area contributed by atoms with Crippen molar-refractivity contribution >= 4 is 23.2 Å². The maximum absolute atomic E-state index is 5.73. The van der Waals surface area contributed by atoms with E-state index in [-0.39, 0.29) is 0 Å². The SMILES string of the molecule is CCCCCCCCCCN1c2ccccc2C=C(OC)c2ccccc21. The van der Waals surface area contributed by atoms with Crippen LogP contribution >= 0.6 is 0 Å². The molecule has 3 rings (SSSR count). The number of fused-ring (bicyclic) bond motifs is 2. The Kier molecular flexibility index (Phi) is 7.38. The third kappa shape index (κ3) is 4.94. The zero-order valence-electron chi connectivity index (χ0n) is 16.9. The van der Waals surface area contributed by atoms with Crippen LogP contribution < -0.4 is 4.90 Å². The van der Waals surface area contributed by atoms with E-state index in [1.165, 1.54) is 73.9 Å². The molecule has 0 amide bonds. The Morgan fingerprint density at radius 2 is 1.37 bits per heavy atom. The minimum absolute atomic E-state index is 0.941. The van der Waals surface area contributed by atoms with Gasteiger partial charge in [-0.3, -0.25) is 0 Å². The van der Waals surface area contributed by atoms with Gasteiger partial charge >= 0.3 is 0 Å². The smallest absolute Gasteiger partial charge is 0.128 e. The van der Waals surface area contributed by atoms with E-state index in [2.05, 4.69) is 66.4 Å². The second kappa shape index (κ2) is 10.2. The van der Waals surface area contributed by atoms with Gasteiger partial charge in [0.1, 0.15) is 5.76 Å². The van der Waals surface area contributed by atoms with Crippen molar-refractivity contribution in [2.45, 2.75) is 58.3 Å². The van der Waals surface area contributed by atoms with Crippen LogP contribution in [0.15, 0.2) is 48.5 Å². The third-order valence-corrected chi connectivity index (χ3v) is 5.43.